The van der Waals surface area contributed by atoms with Crippen molar-refractivity contribution in [3.05, 3.63) is 59.8 Å². The molecule has 3 rings (SSSR count). The minimum atomic E-state index is -4.44. The van der Waals surface area contributed by atoms with Crippen LogP contribution in [0.4, 0.5) is 13.2 Å². The summed E-state index contributed by atoms with van der Waals surface area (Å²) in [7, 11) is 0. The quantitative estimate of drug-likeness (QED) is 0.388. The topological polar surface area (TPSA) is 52.3 Å². The summed E-state index contributed by atoms with van der Waals surface area (Å²) in [5, 5.41) is 0. The molecule has 28 heavy (non-hydrogen) atoms. The van der Waals surface area contributed by atoms with Crippen LogP contribution in [0.2, 0.25) is 0 Å². The summed E-state index contributed by atoms with van der Waals surface area (Å²) in [4.78, 5) is 17.5. The fourth-order valence-electron chi connectivity index (χ4n) is 2.52. The second kappa shape index (κ2) is 8.10. The minimum absolute atomic E-state index is 0.0198. The molecule has 0 aliphatic rings. The van der Waals surface area contributed by atoms with Crippen LogP contribution in [0.1, 0.15) is 23.0 Å². The molecule has 0 bridgehead atoms. The summed E-state index contributed by atoms with van der Waals surface area (Å²) < 4.78 is 49.1. The number of benzene rings is 2. The zero-order chi connectivity index (χ0) is 20.3. The molecule has 8 heteroatoms. The van der Waals surface area contributed by atoms with E-state index in [-0.39, 0.29) is 24.0 Å². The van der Waals surface area contributed by atoms with Gasteiger partial charge in [0.15, 0.2) is 11.5 Å². The van der Waals surface area contributed by atoms with E-state index in [1.54, 1.807) is 30.8 Å². The minimum Gasteiger partial charge on any atom is -0.461 e. The highest BCUT2D eigenvalue weighted by Gasteiger charge is 2.30. The number of carbonyl (C=O) groups excluding carboxylic acids is 1. The zero-order valence-electron chi connectivity index (χ0n) is 15.0. The molecule has 0 saturated carbocycles. The van der Waals surface area contributed by atoms with Gasteiger partial charge in [0.2, 0.25) is 5.89 Å². The molecule has 146 valence electrons. The Labute approximate surface area is 163 Å². The van der Waals surface area contributed by atoms with E-state index in [0.29, 0.717) is 11.1 Å². The van der Waals surface area contributed by atoms with Gasteiger partial charge in [-0.05, 0) is 49.6 Å². The molecule has 0 N–H and O–H groups in total. The van der Waals surface area contributed by atoms with Crippen molar-refractivity contribution in [2.24, 2.45) is 0 Å². The lowest BCUT2D eigenvalue weighted by molar-refractivity contribution is -0.137. The van der Waals surface area contributed by atoms with Gasteiger partial charge in [0.05, 0.1) is 12.2 Å². The van der Waals surface area contributed by atoms with Crippen molar-refractivity contribution in [1.82, 2.24) is 4.98 Å². The Morgan fingerprint density at radius 2 is 1.68 bits per heavy atom. The summed E-state index contributed by atoms with van der Waals surface area (Å²) in [5.74, 6) is -0.407. The predicted molar refractivity (Wildman–Crippen MR) is 100 cm³/mol. The molecule has 1 heterocycles. The van der Waals surface area contributed by atoms with Gasteiger partial charge in [-0.15, -0.1) is 11.8 Å². The van der Waals surface area contributed by atoms with Gasteiger partial charge in [0, 0.05) is 16.0 Å². The molecule has 0 unspecified atom stereocenters. The molecule has 0 fully saturated rings. The maximum absolute atomic E-state index is 12.8. The van der Waals surface area contributed by atoms with Crippen molar-refractivity contribution in [3.63, 3.8) is 0 Å². The van der Waals surface area contributed by atoms with E-state index < -0.39 is 17.7 Å². The first kappa shape index (κ1) is 20.0. The summed E-state index contributed by atoms with van der Waals surface area (Å²) >= 11 is 1.57. The Morgan fingerprint density at radius 3 is 2.21 bits per heavy atom. The maximum Gasteiger partial charge on any atom is 0.416 e. The van der Waals surface area contributed by atoms with Crippen LogP contribution in [0, 0.1) is 0 Å². The number of thioether (sulfide) groups is 1. The van der Waals surface area contributed by atoms with Crippen LogP contribution in [0.25, 0.3) is 22.8 Å². The lowest BCUT2D eigenvalue weighted by atomic mass is 10.1. The molecule has 0 spiro atoms. The van der Waals surface area contributed by atoms with Crippen LogP contribution in [0.5, 0.6) is 0 Å². The SMILES string of the molecule is CCOC(=O)c1nc(-c2ccc(C(F)(F)F)cc2)oc1-c1ccc(SC)cc1. The van der Waals surface area contributed by atoms with Gasteiger partial charge in [0.1, 0.15) is 0 Å². The number of hydrogen-bond acceptors (Lipinski definition) is 5. The van der Waals surface area contributed by atoms with E-state index in [4.69, 9.17) is 9.15 Å². The molecule has 0 aliphatic heterocycles. The van der Waals surface area contributed by atoms with Crippen molar-refractivity contribution in [3.8, 4) is 22.8 Å². The molecule has 0 saturated heterocycles. The second-order valence-electron chi connectivity index (χ2n) is 5.72. The Kier molecular flexibility index (Phi) is 5.79. The molecule has 0 radical (unpaired) electrons. The molecule has 2 aromatic carbocycles. The first-order chi connectivity index (χ1) is 13.3. The van der Waals surface area contributed by atoms with E-state index in [9.17, 15) is 18.0 Å². The van der Waals surface area contributed by atoms with Gasteiger partial charge in [0.25, 0.3) is 0 Å². The number of aromatic nitrogens is 1. The van der Waals surface area contributed by atoms with Crippen LogP contribution in [0.3, 0.4) is 0 Å². The predicted octanol–water partition coefficient (Wildman–Crippen LogP) is 5.93. The molecular formula is C20H16F3NO3S. The van der Waals surface area contributed by atoms with Gasteiger partial charge < -0.3 is 9.15 Å². The van der Waals surface area contributed by atoms with E-state index in [1.165, 1.54) is 12.1 Å². The van der Waals surface area contributed by atoms with Gasteiger partial charge >= 0.3 is 12.1 Å². The lowest BCUT2D eigenvalue weighted by Gasteiger charge is -2.06. The monoisotopic (exact) mass is 407 g/mol. The third-order valence-corrected chi connectivity index (χ3v) is 4.65. The van der Waals surface area contributed by atoms with Gasteiger partial charge in [-0.25, -0.2) is 9.78 Å². The highest BCUT2D eigenvalue weighted by atomic mass is 32.2. The summed E-state index contributed by atoms with van der Waals surface area (Å²) in [6, 6.07) is 11.7. The maximum atomic E-state index is 12.8. The number of halogens is 3. The highest BCUT2D eigenvalue weighted by molar-refractivity contribution is 7.98. The van der Waals surface area contributed by atoms with Crippen LogP contribution in [-0.4, -0.2) is 23.8 Å². The third kappa shape index (κ3) is 4.22. The number of oxazole rings is 1. The van der Waals surface area contributed by atoms with Gasteiger partial charge in [-0.2, -0.15) is 13.2 Å². The number of esters is 1. The van der Waals surface area contributed by atoms with Crippen LogP contribution < -0.4 is 0 Å². The van der Waals surface area contributed by atoms with Crippen molar-refractivity contribution in [2.75, 3.05) is 12.9 Å². The molecule has 3 aromatic rings. The largest absolute Gasteiger partial charge is 0.461 e. The molecular weight excluding hydrogens is 391 g/mol. The van der Waals surface area contributed by atoms with Crippen molar-refractivity contribution in [2.45, 2.75) is 18.0 Å². The third-order valence-electron chi connectivity index (χ3n) is 3.91. The fourth-order valence-corrected chi connectivity index (χ4v) is 2.93. The normalized spacial score (nSPS) is 11.5. The summed E-state index contributed by atoms with van der Waals surface area (Å²) in [5.41, 5.74) is 0.145. The number of nitrogens with zero attached hydrogens (tertiary/aromatic N) is 1. The zero-order valence-corrected chi connectivity index (χ0v) is 15.9. The molecule has 0 atom stereocenters. The molecule has 0 amide bonds. The summed E-state index contributed by atoms with van der Waals surface area (Å²) in [6.45, 7) is 1.83. The average molecular weight is 407 g/mol. The number of ether oxygens (including phenoxy) is 1. The highest BCUT2D eigenvalue weighted by Crippen LogP contribution is 2.34. The Morgan fingerprint density at radius 1 is 1.07 bits per heavy atom. The van der Waals surface area contributed by atoms with Crippen LogP contribution in [-0.2, 0) is 10.9 Å². The number of rotatable bonds is 5. The van der Waals surface area contributed by atoms with E-state index in [0.717, 1.165) is 17.0 Å². The number of alkyl halides is 3. The summed E-state index contributed by atoms with van der Waals surface area (Å²) in [6.07, 6.45) is -2.49. The average Bonchev–Trinajstić information content (AvgIpc) is 3.13. The molecule has 1 aromatic heterocycles. The molecule has 0 aliphatic carbocycles. The van der Waals surface area contributed by atoms with Gasteiger partial charge in [-0.1, -0.05) is 12.1 Å². The van der Waals surface area contributed by atoms with E-state index >= 15 is 0 Å². The van der Waals surface area contributed by atoms with Crippen molar-refractivity contribution >= 4 is 17.7 Å². The second-order valence-corrected chi connectivity index (χ2v) is 6.60. The number of carbonyl (C=O) groups is 1. The first-order valence-electron chi connectivity index (χ1n) is 8.33. The van der Waals surface area contributed by atoms with E-state index in [1.807, 2.05) is 18.4 Å². The van der Waals surface area contributed by atoms with Gasteiger partial charge in [-0.3, -0.25) is 0 Å². The fraction of sp³-hybridized carbons (Fsp3) is 0.200. The van der Waals surface area contributed by atoms with Crippen LogP contribution in [0.15, 0.2) is 57.8 Å². The first-order valence-corrected chi connectivity index (χ1v) is 9.56. The molecule has 4 nitrogen and oxygen atoms in total. The Bertz CT molecular complexity index is 964. The Hall–Kier alpha value is -2.74. The van der Waals surface area contributed by atoms with Crippen molar-refractivity contribution in [1.29, 1.82) is 0 Å². The van der Waals surface area contributed by atoms with Crippen molar-refractivity contribution < 1.29 is 27.1 Å². The smallest absolute Gasteiger partial charge is 0.416 e. The van der Waals surface area contributed by atoms with E-state index in [2.05, 4.69) is 4.98 Å². The lowest BCUT2D eigenvalue weighted by Crippen LogP contribution is -2.06. The standard InChI is InChI=1S/C20H16F3NO3S/c1-3-26-19(25)16-17(12-6-10-15(28-2)11-7-12)27-18(24-16)13-4-8-14(9-5-13)20(21,22)23/h4-11H,3H2,1-2H3. The number of hydrogen-bond donors (Lipinski definition) is 0. The Balaban J connectivity index is 2.04. The van der Waals surface area contributed by atoms with Crippen LogP contribution >= 0.6 is 11.8 Å².